The van der Waals surface area contributed by atoms with Crippen LogP contribution < -0.4 is 9.47 Å². The molecule has 0 amide bonds. The Morgan fingerprint density at radius 2 is 1.30 bits per heavy atom. The molecule has 0 saturated carbocycles. The van der Waals surface area contributed by atoms with E-state index >= 15 is 0 Å². The molecule has 0 N–H and O–H groups in total. The normalized spacial score (nSPS) is 11.3. The predicted molar refractivity (Wildman–Crippen MR) is 89.8 cm³/mol. The SMILES string of the molecule is CCCOc1ccc(N=[N+]([O-])c2ccc(OCCC)cc2)cc1. The molecule has 23 heavy (non-hydrogen) atoms. The lowest BCUT2D eigenvalue weighted by Crippen LogP contribution is -1.95. The first kappa shape index (κ1) is 16.8. The number of hydrogen-bond donors (Lipinski definition) is 0. The zero-order chi connectivity index (χ0) is 16.5. The van der Waals surface area contributed by atoms with Crippen LogP contribution in [0.25, 0.3) is 0 Å². The monoisotopic (exact) mass is 314 g/mol. The van der Waals surface area contributed by atoms with E-state index in [1.165, 1.54) is 0 Å². The third-order valence-corrected chi connectivity index (χ3v) is 3.05. The number of hydrogen-bond acceptors (Lipinski definition) is 4. The van der Waals surface area contributed by atoms with E-state index in [9.17, 15) is 5.21 Å². The second kappa shape index (κ2) is 8.78. The van der Waals surface area contributed by atoms with Gasteiger partial charge in [-0.25, -0.2) is 0 Å². The van der Waals surface area contributed by atoms with E-state index < -0.39 is 0 Å². The van der Waals surface area contributed by atoms with E-state index in [-0.39, 0.29) is 0 Å². The average molecular weight is 314 g/mol. The summed E-state index contributed by atoms with van der Waals surface area (Å²) in [4.78, 5) is 0.603. The molecule has 0 unspecified atom stereocenters. The van der Waals surface area contributed by atoms with Gasteiger partial charge in [0.25, 0.3) is 0 Å². The van der Waals surface area contributed by atoms with Gasteiger partial charge in [0.05, 0.1) is 13.2 Å². The van der Waals surface area contributed by atoms with Crippen LogP contribution in [0.3, 0.4) is 0 Å². The molecule has 0 heterocycles. The lowest BCUT2D eigenvalue weighted by molar-refractivity contribution is -0.435. The number of azo groups is 1. The van der Waals surface area contributed by atoms with Crippen molar-refractivity contribution in [1.29, 1.82) is 0 Å². The van der Waals surface area contributed by atoms with Crippen molar-refractivity contribution in [3.05, 3.63) is 53.7 Å². The van der Waals surface area contributed by atoms with Gasteiger partial charge in [-0.3, -0.25) is 0 Å². The smallest absolute Gasteiger partial charge is 0.245 e. The van der Waals surface area contributed by atoms with Gasteiger partial charge in [-0.05, 0) is 49.2 Å². The Morgan fingerprint density at radius 3 is 1.78 bits per heavy atom. The third-order valence-electron chi connectivity index (χ3n) is 3.05. The second-order valence-corrected chi connectivity index (χ2v) is 5.06. The van der Waals surface area contributed by atoms with E-state index in [4.69, 9.17) is 9.47 Å². The summed E-state index contributed by atoms with van der Waals surface area (Å²) >= 11 is 0. The summed E-state index contributed by atoms with van der Waals surface area (Å²) in [6.45, 7) is 5.44. The molecule has 2 rings (SSSR count). The zero-order valence-corrected chi connectivity index (χ0v) is 13.6. The summed E-state index contributed by atoms with van der Waals surface area (Å²) in [5.41, 5.74) is 1.04. The van der Waals surface area contributed by atoms with Gasteiger partial charge in [-0.2, -0.15) is 0 Å². The van der Waals surface area contributed by atoms with Gasteiger partial charge in [0.15, 0.2) is 0 Å². The standard InChI is InChI=1S/C18H22N2O3/c1-3-13-22-17-9-5-15(6-10-17)19-20(21)16-7-11-18(12-8-16)23-14-4-2/h5-12H,3-4,13-14H2,1-2H3. The number of nitrogens with zero attached hydrogens (tertiary/aromatic N) is 2. The molecule has 0 bridgehead atoms. The quantitative estimate of drug-likeness (QED) is 0.383. The van der Waals surface area contributed by atoms with Crippen molar-refractivity contribution in [1.82, 2.24) is 0 Å². The molecule has 0 spiro atoms. The molecule has 5 heteroatoms. The summed E-state index contributed by atoms with van der Waals surface area (Å²) in [7, 11) is 0. The third kappa shape index (κ3) is 5.29. The molecule has 2 aromatic rings. The summed E-state index contributed by atoms with van der Waals surface area (Å²) in [6, 6.07) is 14.1. The first-order valence-electron chi connectivity index (χ1n) is 7.87. The van der Waals surface area contributed by atoms with Crippen molar-refractivity contribution < 1.29 is 14.3 Å². The van der Waals surface area contributed by atoms with Crippen LogP contribution in [0.2, 0.25) is 0 Å². The van der Waals surface area contributed by atoms with Gasteiger partial charge in [0.2, 0.25) is 5.69 Å². The molecule has 0 aliphatic carbocycles. The van der Waals surface area contributed by atoms with E-state index in [2.05, 4.69) is 12.0 Å². The van der Waals surface area contributed by atoms with E-state index in [1.807, 2.05) is 19.1 Å². The Morgan fingerprint density at radius 1 is 0.826 bits per heavy atom. The van der Waals surface area contributed by atoms with E-state index in [0.29, 0.717) is 29.4 Å². The van der Waals surface area contributed by atoms with E-state index in [1.54, 1.807) is 36.4 Å². The maximum Gasteiger partial charge on any atom is 0.245 e. The van der Waals surface area contributed by atoms with Crippen molar-refractivity contribution >= 4 is 11.4 Å². The maximum absolute atomic E-state index is 12.1. The molecule has 0 saturated heterocycles. The summed E-state index contributed by atoms with van der Waals surface area (Å²) in [5.74, 6) is 1.53. The maximum atomic E-state index is 12.1. The highest BCUT2D eigenvalue weighted by Gasteiger charge is 2.05. The first-order valence-corrected chi connectivity index (χ1v) is 7.87. The van der Waals surface area contributed by atoms with Crippen LogP contribution in [0.15, 0.2) is 53.6 Å². The Bertz CT molecular complexity index is 622. The van der Waals surface area contributed by atoms with Gasteiger partial charge in [0.1, 0.15) is 17.2 Å². The summed E-state index contributed by atoms with van der Waals surface area (Å²) in [6.07, 6.45) is 1.90. The van der Waals surface area contributed by atoms with Crippen molar-refractivity contribution in [2.75, 3.05) is 13.2 Å². The average Bonchev–Trinajstić information content (AvgIpc) is 2.59. The fourth-order valence-corrected chi connectivity index (χ4v) is 1.88. The molecule has 5 nitrogen and oxygen atoms in total. The lowest BCUT2D eigenvalue weighted by atomic mass is 10.3. The Balaban J connectivity index is 2.03. The van der Waals surface area contributed by atoms with Gasteiger partial charge < -0.3 is 14.7 Å². The van der Waals surface area contributed by atoms with Crippen LogP contribution in [0.4, 0.5) is 11.4 Å². The minimum absolute atomic E-state index is 0.458. The van der Waals surface area contributed by atoms with Crippen molar-refractivity contribution in [3.8, 4) is 11.5 Å². The van der Waals surface area contributed by atoms with Gasteiger partial charge in [-0.15, -0.1) is 0 Å². The molecule has 0 fully saturated rings. The van der Waals surface area contributed by atoms with Crippen LogP contribution >= 0.6 is 0 Å². The minimum Gasteiger partial charge on any atom is -0.594 e. The Kier molecular flexibility index (Phi) is 6.41. The highest BCUT2D eigenvalue weighted by Crippen LogP contribution is 2.22. The highest BCUT2D eigenvalue weighted by molar-refractivity contribution is 5.41. The molecule has 0 aliphatic rings. The molecule has 0 radical (unpaired) electrons. The molecule has 2 aromatic carbocycles. The molecular formula is C18H22N2O3. The van der Waals surface area contributed by atoms with Gasteiger partial charge in [-0.1, -0.05) is 18.7 Å². The fraction of sp³-hybridized carbons (Fsp3) is 0.333. The number of benzene rings is 2. The number of ether oxygens (including phenoxy) is 2. The van der Waals surface area contributed by atoms with E-state index in [0.717, 1.165) is 24.3 Å². The topological polar surface area (TPSA) is 56.9 Å². The minimum atomic E-state index is 0.458. The van der Waals surface area contributed by atoms with Crippen LogP contribution in [-0.4, -0.2) is 18.1 Å². The molecule has 122 valence electrons. The first-order chi connectivity index (χ1) is 11.2. The fourth-order valence-electron chi connectivity index (χ4n) is 1.88. The van der Waals surface area contributed by atoms with Crippen molar-refractivity contribution in [2.45, 2.75) is 26.7 Å². The molecular weight excluding hydrogens is 292 g/mol. The molecule has 0 aromatic heterocycles. The molecule has 0 aliphatic heterocycles. The predicted octanol–water partition coefficient (Wildman–Crippen LogP) is 5.19. The summed E-state index contributed by atoms with van der Waals surface area (Å²) in [5, 5.41) is 16.1. The zero-order valence-electron chi connectivity index (χ0n) is 13.6. The Labute approximate surface area is 136 Å². The van der Waals surface area contributed by atoms with Crippen molar-refractivity contribution in [2.24, 2.45) is 5.11 Å². The van der Waals surface area contributed by atoms with Crippen LogP contribution in [-0.2, 0) is 0 Å². The van der Waals surface area contributed by atoms with Gasteiger partial charge in [0, 0.05) is 17.2 Å². The summed E-state index contributed by atoms with van der Waals surface area (Å²) < 4.78 is 11.0. The molecule has 0 atom stereocenters. The number of rotatable bonds is 8. The largest absolute Gasteiger partial charge is 0.594 e. The second-order valence-electron chi connectivity index (χ2n) is 5.06. The Hall–Kier alpha value is -2.56. The van der Waals surface area contributed by atoms with Crippen LogP contribution in [0.1, 0.15) is 26.7 Å². The van der Waals surface area contributed by atoms with Gasteiger partial charge >= 0.3 is 0 Å². The van der Waals surface area contributed by atoms with Crippen molar-refractivity contribution in [3.63, 3.8) is 0 Å². The highest BCUT2D eigenvalue weighted by atomic mass is 16.5. The lowest BCUT2D eigenvalue weighted by Gasteiger charge is -2.05. The van der Waals surface area contributed by atoms with Crippen LogP contribution in [0.5, 0.6) is 11.5 Å². The van der Waals surface area contributed by atoms with Crippen LogP contribution in [0, 0.1) is 5.21 Å².